The Morgan fingerprint density at radius 2 is 1.78 bits per heavy atom. The van der Waals surface area contributed by atoms with Gasteiger partial charge in [-0.1, -0.05) is 29.8 Å². The normalized spacial score (nSPS) is 12.2. The van der Waals surface area contributed by atoms with Crippen molar-refractivity contribution >= 4 is 17.3 Å². The van der Waals surface area contributed by atoms with Gasteiger partial charge in [0.1, 0.15) is 5.82 Å². The molecule has 0 saturated heterocycles. The molecule has 0 saturated carbocycles. The number of halogens is 2. The van der Waals surface area contributed by atoms with E-state index in [0.29, 0.717) is 17.1 Å². The fourth-order valence-corrected chi connectivity index (χ4v) is 1.89. The molecule has 2 aromatic rings. The number of hydrogen-bond acceptors (Lipinski definition) is 2. The lowest BCUT2D eigenvalue weighted by molar-refractivity contribution is 0.593. The Labute approximate surface area is 111 Å². The van der Waals surface area contributed by atoms with Crippen molar-refractivity contribution in [2.24, 2.45) is 5.73 Å². The first-order chi connectivity index (χ1) is 8.70. The lowest BCUT2D eigenvalue weighted by atomic mass is 10.1. The van der Waals surface area contributed by atoms with Crippen molar-refractivity contribution < 1.29 is 4.39 Å². The molecule has 0 fully saturated rings. The van der Waals surface area contributed by atoms with Gasteiger partial charge in [0.15, 0.2) is 0 Å². The molecule has 0 aliphatic carbocycles. The molecule has 1 unspecified atom stereocenters. The number of anilines is 1. The lowest BCUT2D eigenvalue weighted by Crippen LogP contribution is -2.21. The molecule has 0 aromatic heterocycles. The molecule has 2 rings (SSSR count). The van der Waals surface area contributed by atoms with Gasteiger partial charge in [0, 0.05) is 22.8 Å². The van der Waals surface area contributed by atoms with Crippen LogP contribution in [0.3, 0.4) is 0 Å². The molecule has 1 atom stereocenters. The van der Waals surface area contributed by atoms with E-state index in [9.17, 15) is 4.39 Å². The number of rotatable bonds is 4. The quantitative estimate of drug-likeness (QED) is 0.886. The molecule has 2 nitrogen and oxygen atoms in total. The number of nitrogens with one attached hydrogen (secondary N) is 1. The molecule has 0 aliphatic rings. The summed E-state index contributed by atoms with van der Waals surface area (Å²) in [5.41, 5.74) is 7.12. The molecule has 0 spiro atoms. The summed E-state index contributed by atoms with van der Waals surface area (Å²) in [6.45, 7) is 0.309. The molecule has 0 bridgehead atoms. The van der Waals surface area contributed by atoms with Crippen LogP contribution in [0.15, 0.2) is 48.5 Å². The van der Waals surface area contributed by atoms with Crippen LogP contribution in [0.2, 0.25) is 5.02 Å². The summed E-state index contributed by atoms with van der Waals surface area (Å²) in [6.07, 6.45) is 0. The van der Waals surface area contributed by atoms with E-state index in [1.165, 1.54) is 6.07 Å². The van der Waals surface area contributed by atoms with Gasteiger partial charge in [-0.2, -0.15) is 0 Å². The first kappa shape index (κ1) is 12.9. The van der Waals surface area contributed by atoms with Gasteiger partial charge in [0.2, 0.25) is 0 Å². The van der Waals surface area contributed by atoms with Crippen molar-refractivity contribution in [3.63, 3.8) is 0 Å². The maximum atomic E-state index is 13.7. The summed E-state index contributed by atoms with van der Waals surface area (Å²) < 4.78 is 13.7. The van der Waals surface area contributed by atoms with Gasteiger partial charge < -0.3 is 11.1 Å². The van der Waals surface area contributed by atoms with Gasteiger partial charge in [-0.3, -0.25) is 0 Å². The molecule has 0 radical (unpaired) electrons. The van der Waals surface area contributed by atoms with E-state index in [2.05, 4.69) is 5.32 Å². The summed E-state index contributed by atoms with van der Waals surface area (Å²) in [5, 5.41) is 3.85. The Balaban J connectivity index is 2.20. The van der Waals surface area contributed by atoms with Crippen LogP contribution in [0.1, 0.15) is 11.6 Å². The minimum absolute atomic E-state index is 0.255. The van der Waals surface area contributed by atoms with E-state index in [1.54, 1.807) is 30.3 Å². The molecule has 94 valence electrons. The van der Waals surface area contributed by atoms with Gasteiger partial charge in [-0.25, -0.2) is 4.39 Å². The van der Waals surface area contributed by atoms with Crippen molar-refractivity contribution in [1.29, 1.82) is 0 Å². The van der Waals surface area contributed by atoms with Crippen LogP contribution in [0.25, 0.3) is 0 Å². The largest absolute Gasteiger partial charge is 0.377 e. The second-order valence-electron chi connectivity index (χ2n) is 3.96. The predicted molar refractivity (Wildman–Crippen MR) is 73.3 cm³/mol. The summed E-state index contributed by atoms with van der Waals surface area (Å²) in [6, 6.07) is 13.6. The third-order valence-electron chi connectivity index (χ3n) is 2.70. The average Bonchev–Trinajstić information content (AvgIpc) is 2.39. The van der Waals surface area contributed by atoms with E-state index in [4.69, 9.17) is 17.3 Å². The molecule has 0 amide bonds. The van der Waals surface area contributed by atoms with E-state index in [0.717, 1.165) is 5.69 Å². The highest BCUT2D eigenvalue weighted by molar-refractivity contribution is 6.30. The molecular formula is C14H14ClFN2. The minimum Gasteiger partial charge on any atom is -0.377 e. The second-order valence-corrected chi connectivity index (χ2v) is 4.40. The molecule has 0 heterocycles. The monoisotopic (exact) mass is 264 g/mol. The zero-order chi connectivity index (χ0) is 13.0. The van der Waals surface area contributed by atoms with Crippen LogP contribution in [0.5, 0.6) is 0 Å². The molecule has 18 heavy (non-hydrogen) atoms. The molecular weight excluding hydrogens is 251 g/mol. The standard InChI is InChI=1S/C14H14ClFN2/c15-10-5-7-11(8-6-10)18-14(9-17)12-3-1-2-4-13(12)16/h1-8,14,18H,9,17H2. The Kier molecular flexibility index (Phi) is 4.18. The summed E-state index contributed by atoms with van der Waals surface area (Å²) in [5.74, 6) is -0.255. The Morgan fingerprint density at radius 3 is 2.39 bits per heavy atom. The van der Waals surface area contributed by atoms with Crippen LogP contribution < -0.4 is 11.1 Å². The van der Waals surface area contributed by atoms with Crippen LogP contribution in [-0.4, -0.2) is 6.54 Å². The Hall–Kier alpha value is -1.58. The van der Waals surface area contributed by atoms with Gasteiger partial charge in [-0.15, -0.1) is 0 Å². The SMILES string of the molecule is NCC(Nc1ccc(Cl)cc1)c1ccccc1F. The predicted octanol–water partition coefficient (Wildman–Crippen LogP) is 3.59. The Bertz CT molecular complexity index is 513. The van der Waals surface area contributed by atoms with Crippen LogP contribution in [-0.2, 0) is 0 Å². The van der Waals surface area contributed by atoms with Gasteiger partial charge in [0.05, 0.1) is 6.04 Å². The summed E-state index contributed by atoms with van der Waals surface area (Å²) >= 11 is 5.81. The number of hydrogen-bond donors (Lipinski definition) is 2. The molecule has 2 aromatic carbocycles. The highest BCUT2D eigenvalue weighted by Gasteiger charge is 2.13. The number of nitrogens with two attached hydrogens (primary N) is 1. The first-order valence-electron chi connectivity index (χ1n) is 5.67. The third-order valence-corrected chi connectivity index (χ3v) is 2.95. The zero-order valence-electron chi connectivity index (χ0n) is 9.74. The van der Waals surface area contributed by atoms with E-state index >= 15 is 0 Å². The lowest BCUT2D eigenvalue weighted by Gasteiger charge is -2.19. The fraction of sp³-hybridized carbons (Fsp3) is 0.143. The second kappa shape index (κ2) is 5.85. The zero-order valence-corrected chi connectivity index (χ0v) is 10.5. The van der Waals surface area contributed by atoms with Crippen molar-refractivity contribution in [1.82, 2.24) is 0 Å². The van der Waals surface area contributed by atoms with E-state index in [1.807, 2.05) is 12.1 Å². The fourth-order valence-electron chi connectivity index (χ4n) is 1.77. The number of benzene rings is 2. The third kappa shape index (κ3) is 3.00. The van der Waals surface area contributed by atoms with Crippen molar-refractivity contribution in [3.05, 3.63) is 64.9 Å². The van der Waals surface area contributed by atoms with Crippen molar-refractivity contribution in [3.8, 4) is 0 Å². The smallest absolute Gasteiger partial charge is 0.128 e. The van der Waals surface area contributed by atoms with E-state index < -0.39 is 0 Å². The summed E-state index contributed by atoms with van der Waals surface area (Å²) in [4.78, 5) is 0. The first-order valence-corrected chi connectivity index (χ1v) is 6.05. The molecule has 4 heteroatoms. The van der Waals surface area contributed by atoms with E-state index in [-0.39, 0.29) is 11.9 Å². The van der Waals surface area contributed by atoms with Crippen molar-refractivity contribution in [2.75, 3.05) is 11.9 Å². The maximum absolute atomic E-state index is 13.7. The van der Waals surface area contributed by atoms with Crippen LogP contribution in [0.4, 0.5) is 10.1 Å². The highest BCUT2D eigenvalue weighted by Crippen LogP contribution is 2.22. The molecule has 3 N–H and O–H groups in total. The van der Waals surface area contributed by atoms with Gasteiger partial charge >= 0.3 is 0 Å². The molecule has 0 aliphatic heterocycles. The van der Waals surface area contributed by atoms with Gasteiger partial charge in [0.25, 0.3) is 0 Å². The summed E-state index contributed by atoms with van der Waals surface area (Å²) in [7, 11) is 0. The highest BCUT2D eigenvalue weighted by atomic mass is 35.5. The van der Waals surface area contributed by atoms with Crippen molar-refractivity contribution in [2.45, 2.75) is 6.04 Å². The van der Waals surface area contributed by atoms with Crippen LogP contribution in [0, 0.1) is 5.82 Å². The van der Waals surface area contributed by atoms with Gasteiger partial charge in [-0.05, 0) is 30.3 Å². The Morgan fingerprint density at radius 1 is 1.11 bits per heavy atom. The average molecular weight is 265 g/mol. The maximum Gasteiger partial charge on any atom is 0.128 e. The van der Waals surface area contributed by atoms with Crippen LogP contribution >= 0.6 is 11.6 Å². The minimum atomic E-state index is -0.257. The topological polar surface area (TPSA) is 38.0 Å².